The fourth-order valence-electron chi connectivity index (χ4n) is 2.90. The molecule has 1 amide bonds. The molecule has 128 valence electrons. The predicted molar refractivity (Wildman–Crippen MR) is 82.8 cm³/mol. The van der Waals surface area contributed by atoms with Gasteiger partial charge in [-0.25, -0.2) is 4.79 Å². The van der Waals surface area contributed by atoms with E-state index >= 15 is 0 Å². The number of aryl methyl sites for hydroxylation is 1. The van der Waals surface area contributed by atoms with Crippen LogP contribution in [-0.4, -0.2) is 33.2 Å². The smallest absolute Gasteiger partial charge is 0.326 e. The van der Waals surface area contributed by atoms with Gasteiger partial charge < -0.3 is 14.9 Å². The second-order valence-corrected chi connectivity index (χ2v) is 6.62. The Hall–Kier alpha value is -1.92. The van der Waals surface area contributed by atoms with Gasteiger partial charge in [0.25, 0.3) is 0 Å². The highest BCUT2D eigenvalue weighted by atomic mass is 16.5. The molecule has 1 atom stereocenters. The van der Waals surface area contributed by atoms with E-state index in [0.29, 0.717) is 24.7 Å². The highest BCUT2D eigenvalue weighted by molar-refractivity contribution is 5.83. The van der Waals surface area contributed by atoms with Crippen molar-refractivity contribution in [3.8, 4) is 0 Å². The molecule has 1 aromatic heterocycles. The Morgan fingerprint density at radius 2 is 2.04 bits per heavy atom. The van der Waals surface area contributed by atoms with E-state index in [9.17, 15) is 9.59 Å². The largest absolute Gasteiger partial charge is 0.480 e. The highest BCUT2D eigenvalue weighted by Gasteiger charge is 2.23. The molecule has 2 N–H and O–H groups in total. The van der Waals surface area contributed by atoms with Gasteiger partial charge in [0.1, 0.15) is 6.04 Å². The normalized spacial score (nSPS) is 16.7. The minimum atomic E-state index is -1.01. The van der Waals surface area contributed by atoms with Crippen LogP contribution in [0.15, 0.2) is 4.52 Å². The molecule has 0 spiro atoms. The van der Waals surface area contributed by atoms with Crippen LogP contribution >= 0.6 is 0 Å². The summed E-state index contributed by atoms with van der Waals surface area (Å²) in [6.45, 7) is 3.84. The molecule has 0 saturated heterocycles. The van der Waals surface area contributed by atoms with Gasteiger partial charge in [-0.05, 0) is 25.2 Å². The lowest BCUT2D eigenvalue weighted by molar-refractivity contribution is -0.142. The quantitative estimate of drug-likeness (QED) is 0.760. The zero-order valence-corrected chi connectivity index (χ0v) is 13.7. The third kappa shape index (κ3) is 5.33. The molecule has 0 bridgehead atoms. The number of aliphatic carboxylic acids is 1. The number of hydrogen-bond acceptors (Lipinski definition) is 5. The maximum absolute atomic E-state index is 11.9. The molecule has 23 heavy (non-hydrogen) atoms. The summed E-state index contributed by atoms with van der Waals surface area (Å²) in [5, 5.41) is 15.7. The zero-order chi connectivity index (χ0) is 16.8. The first-order valence-corrected chi connectivity index (χ1v) is 8.30. The van der Waals surface area contributed by atoms with E-state index in [-0.39, 0.29) is 18.2 Å². The molecule has 0 unspecified atom stereocenters. The topological polar surface area (TPSA) is 105 Å². The summed E-state index contributed by atoms with van der Waals surface area (Å²) >= 11 is 0. The highest BCUT2D eigenvalue weighted by Crippen LogP contribution is 2.32. The van der Waals surface area contributed by atoms with Gasteiger partial charge in [-0.2, -0.15) is 4.98 Å². The first kappa shape index (κ1) is 17.4. The number of carbonyl (C=O) groups excluding carboxylic acids is 1. The maximum atomic E-state index is 11.9. The molecule has 0 aromatic carbocycles. The molecule has 1 saturated carbocycles. The second kappa shape index (κ2) is 8.08. The summed E-state index contributed by atoms with van der Waals surface area (Å²) in [6.07, 6.45) is 5.47. The van der Waals surface area contributed by atoms with Crippen molar-refractivity contribution in [3.05, 3.63) is 11.7 Å². The first-order chi connectivity index (χ1) is 11.0. The predicted octanol–water partition coefficient (Wildman–Crippen LogP) is 2.28. The molecule has 7 nitrogen and oxygen atoms in total. The minimum absolute atomic E-state index is 0.147. The number of carboxylic acids is 1. The average Bonchev–Trinajstić information content (AvgIpc) is 3.14. The van der Waals surface area contributed by atoms with E-state index in [1.165, 1.54) is 12.8 Å². The number of rotatable bonds is 8. The molecular formula is C16H25N3O4. The van der Waals surface area contributed by atoms with Crippen LogP contribution < -0.4 is 5.32 Å². The van der Waals surface area contributed by atoms with E-state index in [1.54, 1.807) is 0 Å². The Labute approximate surface area is 135 Å². The lowest BCUT2D eigenvalue weighted by atomic mass is 10.0. The van der Waals surface area contributed by atoms with Crippen molar-refractivity contribution in [1.29, 1.82) is 0 Å². The first-order valence-electron chi connectivity index (χ1n) is 8.30. The third-order valence-corrected chi connectivity index (χ3v) is 4.11. The van der Waals surface area contributed by atoms with E-state index in [2.05, 4.69) is 15.5 Å². The number of carboxylic acid groups (broad SMARTS) is 1. The lowest BCUT2D eigenvalue weighted by Crippen LogP contribution is -2.41. The fraction of sp³-hybridized carbons (Fsp3) is 0.750. The molecule has 0 aliphatic heterocycles. The molecule has 1 aromatic rings. The van der Waals surface area contributed by atoms with Crippen LogP contribution in [0.1, 0.15) is 70.0 Å². The summed E-state index contributed by atoms with van der Waals surface area (Å²) in [6, 6.07) is -0.848. The summed E-state index contributed by atoms with van der Waals surface area (Å²) in [4.78, 5) is 27.4. The van der Waals surface area contributed by atoms with Crippen LogP contribution in [0.25, 0.3) is 0 Å². The van der Waals surface area contributed by atoms with E-state index < -0.39 is 12.0 Å². The second-order valence-electron chi connectivity index (χ2n) is 6.62. The lowest BCUT2D eigenvalue weighted by Gasteiger charge is -2.16. The Balaban J connectivity index is 1.80. The van der Waals surface area contributed by atoms with Gasteiger partial charge in [0.05, 0.1) is 0 Å². The van der Waals surface area contributed by atoms with E-state index in [1.807, 2.05) is 13.8 Å². The SMILES string of the molecule is CC(C)C[C@H](NC(=O)CCc1nc(C2CCCC2)no1)C(=O)O. The Morgan fingerprint density at radius 1 is 1.35 bits per heavy atom. The molecule has 1 aliphatic rings. The molecule has 0 radical (unpaired) electrons. The summed E-state index contributed by atoms with van der Waals surface area (Å²) in [7, 11) is 0. The Morgan fingerprint density at radius 3 is 2.65 bits per heavy atom. The van der Waals surface area contributed by atoms with Crippen LogP contribution in [-0.2, 0) is 16.0 Å². The number of nitrogens with one attached hydrogen (secondary N) is 1. The monoisotopic (exact) mass is 323 g/mol. The fourth-order valence-corrected chi connectivity index (χ4v) is 2.90. The van der Waals surface area contributed by atoms with Gasteiger partial charge >= 0.3 is 5.97 Å². The van der Waals surface area contributed by atoms with E-state index in [4.69, 9.17) is 9.63 Å². The van der Waals surface area contributed by atoms with Crippen LogP contribution in [0, 0.1) is 5.92 Å². The van der Waals surface area contributed by atoms with Crippen molar-refractivity contribution >= 4 is 11.9 Å². The molecule has 7 heteroatoms. The molecule has 1 fully saturated rings. The summed E-state index contributed by atoms with van der Waals surface area (Å²) in [5.74, 6) is 0.441. The van der Waals surface area contributed by atoms with Gasteiger partial charge in [-0.15, -0.1) is 0 Å². The standard InChI is InChI=1S/C16H25N3O4/c1-10(2)9-12(16(21)22)17-13(20)7-8-14-18-15(19-23-14)11-5-3-4-6-11/h10-12H,3-9H2,1-2H3,(H,17,20)(H,21,22)/t12-/m0/s1. The number of nitrogens with zero attached hydrogens (tertiary/aromatic N) is 2. The zero-order valence-electron chi connectivity index (χ0n) is 13.7. The van der Waals surface area contributed by atoms with Gasteiger partial charge in [-0.1, -0.05) is 31.8 Å². The summed E-state index contributed by atoms with van der Waals surface area (Å²) in [5.41, 5.74) is 0. The Bertz CT molecular complexity index is 535. The van der Waals surface area contributed by atoms with Crippen molar-refractivity contribution in [2.45, 2.75) is 70.8 Å². The Kier molecular flexibility index (Phi) is 6.12. The van der Waals surface area contributed by atoms with Crippen molar-refractivity contribution < 1.29 is 19.2 Å². The van der Waals surface area contributed by atoms with Crippen LogP contribution in [0.3, 0.4) is 0 Å². The van der Waals surface area contributed by atoms with Crippen LogP contribution in [0.4, 0.5) is 0 Å². The van der Waals surface area contributed by atoms with Crippen molar-refractivity contribution in [2.24, 2.45) is 5.92 Å². The number of aromatic nitrogens is 2. The van der Waals surface area contributed by atoms with Gasteiger partial charge in [0, 0.05) is 18.8 Å². The minimum Gasteiger partial charge on any atom is -0.480 e. The number of hydrogen-bond donors (Lipinski definition) is 2. The van der Waals surface area contributed by atoms with Crippen molar-refractivity contribution in [1.82, 2.24) is 15.5 Å². The molecule has 1 aliphatic carbocycles. The van der Waals surface area contributed by atoms with Gasteiger partial charge in [0.15, 0.2) is 5.82 Å². The molecular weight excluding hydrogens is 298 g/mol. The molecule has 2 rings (SSSR count). The van der Waals surface area contributed by atoms with Crippen LogP contribution in [0.5, 0.6) is 0 Å². The van der Waals surface area contributed by atoms with Crippen LogP contribution in [0.2, 0.25) is 0 Å². The average molecular weight is 323 g/mol. The molecule has 1 heterocycles. The van der Waals surface area contributed by atoms with Crippen molar-refractivity contribution in [2.75, 3.05) is 0 Å². The third-order valence-electron chi connectivity index (χ3n) is 4.11. The van der Waals surface area contributed by atoms with E-state index in [0.717, 1.165) is 18.7 Å². The maximum Gasteiger partial charge on any atom is 0.326 e. The van der Waals surface area contributed by atoms with Gasteiger partial charge in [0.2, 0.25) is 11.8 Å². The summed E-state index contributed by atoms with van der Waals surface area (Å²) < 4.78 is 5.19. The van der Waals surface area contributed by atoms with Crippen molar-refractivity contribution in [3.63, 3.8) is 0 Å². The van der Waals surface area contributed by atoms with Gasteiger partial charge in [-0.3, -0.25) is 4.79 Å². The number of amides is 1. The number of carbonyl (C=O) groups is 2.